The van der Waals surface area contributed by atoms with Crippen molar-refractivity contribution in [1.29, 1.82) is 0 Å². The summed E-state index contributed by atoms with van der Waals surface area (Å²) in [5.41, 5.74) is 3.67. The topological polar surface area (TPSA) is 49.3 Å². The Morgan fingerprint density at radius 2 is 1.82 bits per heavy atom. The lowest BCUT2D eigenvalue weighted by Crippen LogP contribution is -2.52. The number of halogens is 1. The average Bonchev–Trinajstić information content (AvgIpc) is 3.43. The Morgan fingerprint density at radius 1 is 1.06 bits per heavy atom. The molecular formula is C29H32ClNO2. The highest BCUT2D eigenvalue weighted by atomic mass is 35.5. The number of aliphatic carboxylic acids is 1. The SMILES string of the molecule is O=C(O)C1(Nc2cccc(Cl)c2)CCC2(CC1)C(/C=C/CC1CCCC1)=Cc1ccccc12. The van der Waals surface area contributed by atoms with Crippen molar-refractivity contribution >= 4 is 29.3 Å². The zero-order chi connectivity index (χ0) is 22.9. The van der Waals surface area contributed by atoms with E-state index in [1.807, 2.05) is 12.1 Å². The Morgan fingerprint density at radius 3 is 2.55 bits per heavy atom. The molecule has 2 N–H and O–H groups in total. The van der Waals surface area contributed by atoms with Gasteiger partial charge in [-0.05, 0) is 72.9 Å². The second-order valence-corrected chi connectivity index (χ2v) is 10.5. The number of carbonyl (C=O) groups is 1. The zero-order valence-electron chi connectivity index (χ0n) is 19.0. The molecule has 2 fully saturated rings. The van der Waals surface area contributed by atoms with Crippen molar-refractivity contribution in [2.45, 2.75) is 68.7 Å². The summed E-state index contributed by atoms with van der Waals surface area (Å²) in [5.74, 6) is 0.0420. The van der Waals surface area contributed by atoms with Gasteiger partial charge in [-0.2, -0.15) is 0 Å². The van der Waals surface area contributed by atoms with Gasteiger partial charge in [-0.15, -0.1) is 0 Å². The first-order chi connectivity index (χ1) is 16.0. The van der Waals surface area contributed by atoms with Gasteiger partial charge in [0.05, 0.1) is 0 Å². The Bertz CT molecular complexity index is 1090. The van der Waals surface area contributed by atoms with Crippen molar-refractivity contribution in [1.82, 2.24) is 0 Å². The minimum atomic E-state index is -0.980. The normalized spacial score (nSPS) is 27.1. The van der Waals surface area contributed by atoms with Gasteiger partial charge in [0.15, 0.2) is 0 Å². The monoisotopic (exact) mass is 461 g/mol. The van der Waals surface area contributed by atoms with Gasteiger partial charge in [-0.25, -0.2) is 4.79 Å². The molecule has 172 valence electrons. The molecule has 0 bridgehead atoms. The molecule has 1 spiro atoms. The van der Waals surface area contributed by atoms with Gasteiger partial charge in [0.2, 0.25) is 0 Å². The number of carboxylic acid groups (broad SMARTS) is 1. The molecule has 3 nitrogen and oxygen atoms in total. The van der Waals surface area contributed by atoms with Crippen LogP contribution in [-0.2, 0) is 10.2 Å². The van der Waals surface area contributed by atoms with E-state index in [1.54, 1.807) is 12.1 Å². The molecule has 0 radical (unpaired) electrons. The summed E-state index contributed by atoms with van der Waals surface area (Å²) in [4.78, 5) is 12.5. The van der Waals surface area contributed by atoms with Gasteiger partial charge < -0.3 is 10.4 Å². The summed E-state index contributed by atoms with van der Waals surface area (Å²) in [7, 11) is 0. The molecule has 3 aliphatic carbocycles. The molecule has 33 heavy (non-hydrogen) atoms. The molecule has 2 aromatic carbocycles. The first kappa shape index (κ1) is 22.3. The van der Waals surface area contributed by atoms with Crippen LogP contribution in [0.3, 0.4) is 0 Å². The van der Waals surface area contributed by atoms with E-state index in [9.17, 15) is 9.90 Å². The van der Waals surface area contributed by atoms with E-state index in [1.165, 1.54) is 42.4 Å². The van der Waals surface area contributed by atoms with Crippen LogP contribution < -0.4 is 5.32 Å². The number of nitrogens with one attached hydrogen (secondary N) is 1. The summed E-state index contributed by atoms with van der Waals surface area (Å²) in [6.07, 6.45) is 16.4. The minimum Gasteiger partial charge on any atom is -0.480 e. The van der Waals surface area contributed by atoms with Gasteiger partial charge >= 0.3 is 5.97 Å². The number of fused-ring (bicyclic) bond motifs is 2. The fourth-order valence-electron chi connectivity index (χ4n) is 6.26. The molecule has 3 aliphatic rings. The number of anilines is 1. The number of rotatable bonds is 6. The number of allylic oxidation sites excluding steroid dienone is 3. The van der Waals surface area contributed by atoms with E-state index < -0.39 is 11.5 Å². The van der Waals surface area contributed by atoms with Crippen LogP contribution in [0.25, 0.3) is 6.08 Å². The number of hydrogen-bond acceptors (Lipinski definition) is 2. The van der Waals surface area contributed by atoms with E-state index >= 15 is 0 Å². The Hall–Kier alpha value is -2.52. The quantitative estimate of drug-likeness (QED) is 0.465. The highest BCUT2D eigenvalue weighted by Gasteiger charge is 2.51. The zero-order valence-corrected chi connectivity index (χ0v) is 19.8. The summed E-state index contributed by atoms with van der Waals surface area (Å²) in [6, 6.07) is 16.0. The van der Waals surface area contributed by atoms with Gasteiger partial charge in [-0.1, -0.05) is 85.8 Å². The first-order valence-electron chi connectivity index (χ1n) is 12.3. The molecule has 5 rings (SSSR count). The van der Waals surface area contributed by atoms with E-state index in [0.717, 1.165) is 30.9 Å². The molecule has 2 aromatic rings. The van der Waals surface area contributed by atoms with E-state index in [2.05, 4.69) is 47.8 Å². The van der Waals surface area contributed by atoms with Crippen molar-refractivity contribution in [2.75, 3.05) is 5.32 Å². The molecule has 0 amide bonds. The Balaban J connectivity index is 1.40. The van der Waals surface area contributed by atoms with Crippen LogP contribution in [-0.4, -0.2) is 16.6 Å². The van der Waals surface area contributed by atoms with Crippen LogP contribution in [0.4, 0.5) is 5.69 Å². The van der Waals surface area contributed by atoms with Gasteiger partial charge in [-0.3, -0.25) is 0 Å². The smallest absolute Gasteiger partial charge is 0.329 e. The third-order valence-electron chi connectivity index (χ3n) is 8.16. The van der Waals surface area contributed by atoms with Crippen molar-refractivity contribution in [2.24, 2.45) is 5.92 Å². The second kappa shape index (κ2) is 9.02. The molecular weight excluding hydrogens is 430 g/mol. The predicted octanol–water partition coefficient (Wildman–Crippen LogP) is 7.62. The predicted molar refractivity (Wildman–Crippen MR) is 136 cm³/mol. The molecule has 4 heteroatoms. The van der Waals surface area contributed by atoms with Crippen LogP contribution in [0, 0.1) is 5.92 Å². The van der Waals surface area contributed by atoms with Crippen LogP contribution in [0.15, 0.2) is 66.3 Å². The molecule has 0 saturated heterocycles. The molecule has 0 unspecified atom stereocenters. The van der Waals surface area contributed by atoms with E-state index in [0.29, 0.717) is 17.9 Å². The third-order valence-corrected chi connectivity index (χ3v) is 8.39. The lowest BCUT2D eigenvalue weighted by atomic mass is 9.62. The van der Waals surface area contributed by atoms with Crippen molar-refractivity contribution in [3.05, 3.63) is 82.4 Å². The maximum absolute atomic E-state index is 12.5. The molecule has 0 heterocycles. The highest BCUT2D eigenvalue weighted by molar-refractivity contribution is 6.30. The molecule has 2 saturated carbocycles. The molecule has 0 atom stereocenters. The van der Waals surface area contributed by atoms with Crippen LogP contribution in [0.5, 0.6) is 0 Å². The summed E-state index contributed by atoms with van der Waals surface area (Å²) in [5, 5.41) is 14.2. The third kappa shape index (κ3) is 4.24. The Kier molecular flexibility index (Phi) is 6.09. The van der Waals surface area contributed by atoms with E-state index in [4.69, 9.17) is 11.6 Å². The van der Waals surface area contributed by atoms with Crippen molar-refractivity contribution < 1.29 is 9.90 Å². The van der Waals surface area contributed by atoms with Crippen LogP contribution in [0.1, 0.15) is 68.9 Å². The van der Waals surface area contributed by atoms with Gasteiger partial charge in [0.25, 0.3) is 0 Å². The van der Waals surface area contributed by atoms with Crippen LogP contribution in [0.2, 0.25) is 5.02 Å². The largest absolute Gasteiger partial charge is 0.480 e. The van der Waals surface area contributed by atoms with Crippen molar-refractivity contribution in [3.8, 4) is 0 Å². The maximum Gasteiger partial charge on any atom is 0.329 e. The van der Waals surface area contributed by atoms with Crippen molar-refractivity contribution in [3.63, 3.8) is 0 Å². The van der Waals surface area contributed by atoms with Crippen LogP contribution >= 0.6 is 11.6 Å². The highest BCUT2D eigenvalue weighted by Crippen LogP contribution is 2.54. The summed E-state index contributed by atoms with van der Waals surface area (Å²) in [6.45, 7) is 0. The fourth-order valence-corrected chi connectivity index (χ4v) is 6.45. The lowest BCUT2D eigenvalue weighted by molar-refractivity contribution is -0.143. The molecule has 0 aliphatic heterocycles. The molecule has 0 aromatic heterocycles. The van der Waals surface area contributed by atoms with E-state index in [-0.39, 0.29) is 5.41 Å². The summed E-state index contributed by atoms with van der Waals surface area (Å²) >= 11 is 6.15. The summed E-state index contributed by atoms with van der Waals surface area (Å²) < 4.78 is 0. The number of carboxylic acids is 1. The maximum atomic E-state index is 12.5. The van der Waals surface area contributed by atoms with Gasteiger partial charge in [0, 0.05) is 16.1 Å². The standard InChI is InChI=1S/C29H32ClNO2/c30-24-12-6-13-25(20-24)31-29(27(32)33)17-15-28(16-18-29)23(11-5-9-21-7-1-2-8-21)19-22-10-3-4-14-26(22)28/h3-6,10-14,19-21,31H,1-2,7-9,15-18H2,(H,32,33)/b11-5+. The lowest BCUT2D eigenvalue weighted by Gasteiger charge is -2.45. The first-order valence-corrected chi connectivity index (χ1v) is 12.6. The average molecular weight is 462 g/mol. The Labute approximate surface area is 201 Å². The number of benzene rings is 2. The minimum absolute atomic E-state index is 0.0995. The second-order valence-electron chi connectivity index (χ2n) is 10.1. The van der Waals surface area contributed by atoms with Gasteiger partial charge in [0.1, 0.15) is 5.54 Å². The fraction of sp³-hybridized carbons (Fsp3) is 0.414. The number of hydrogen-bond donors (Lipinski definition) is 2.